The number of ether oxygens (including phenoxy) is 2. The Bertz CT molecular complexity index is 614. The van der Waals surface area contributed by atoms with E-state index >= 15 is 0 Å². The van der Waals surface area contributed by atoms with Crippen molar-refractivity contribution in [3.05, 3.63) is 53.0 Å². The number of carbonyl (C=O) groups excluding carboxylic acids is 1. The third kappa shape index (κ3) is 2.61. The molecule has 0 saturated carbocycles. The molecule has 6 heteroatoms. The number of benzene rings is 1. The molecule has 20 heavy (non-hydrogen) atoms. The predicted octanol–water partition coefficient (Wildman–Crippen LogP) is 1.02. The van der Waals surface area contributed by atoms with Gasteiger partial charge in [-0.05, 0) is 12.1 Å². The van der Waals surface area contributed by atoms with Crippen molar-refractivity contribution in [2.75, 3.05) is 14.2 Å². The van der Waals surface area contributed by atoms with Gasteiger partial charge < -0.3 is 20.2 Å². The van der Waals surface area contributed by atoms with E-state index in [-0.39, 0.29) is 17.0 Å². The number of aromatic nitrogens is 1. The highest BCUT2D eigenvalue weighted by Crippen LogP contribution is 2.32. The largest absolute Gasteiger partial charge is 0.630 e. The molecule has 0 amide bonds. The van der Waals surface area contributed by atoms with Crippen LogP contribution in [0.25, 0.3) is 0 Å². The van der Waals surface area contributed by atoms with Gasteiger partial charge in [0, 0.05) is 30.1 Å². The summed E-state index contributed by atoms with van der Waals surface area (Å²) in [4.78, 5) is 16.3. The molecule has 0 aliphatic rings. The Labute approximate surface area is 115 Å². The van der Waals surface area contributed by atoms with Gasteiger partial charge in [0.25, 0.3) is 0 Å². The lowest BCUT2D eigenvalue weighted by Gasteiger charge is -2.13. The van der Waals surface area contributed by atoms with E-state index in [0.29, 0.717) is 22.5 Å². The molecule has 2 N–H and O–H groups in total. The van der Waals surface area contributed by atoms with Gasteiger partial charge in [0.2, 0.25) is 0 Å². The van der Waals surface area contributed by atoms with Crippen molar-refractivity contribution in [2.24, 2.45) is 0 Å². The molecule has 0 fully saturated rings. The number of ketones is 1. The second-order valence-corrected chi connectivity index (χ2v) is 3.98. The van der Waals surface area contributed by atoms with Gasteiger partial charge in [-0.1, -0.05) is 0 Å². The molecule has 6 nitrogen and oxygen atoms in total. The van der Waals surface area contributed by atoms with Gasteiger partial charge in [-0.3, -0.25) is 9.78 Å². The molecule has 1 aromatic carbocycles. The maximum atomic E-state index is 12.4. The minimum absolute atomic E-state index is 0.254. The quantitative estimate of drug-likeness (QED) is 0.499. The Hall–Kier alpha value is -2.44. The van der Waals surface area contributed by atoms with E-state index < -0.39 is 0 Å². The summed E-state index contributed by atoms with van der Waals surface area (Å²) in [6.45, 7) is 0. The first kappa shape index (κ1) is 14.0. The van der Waals surface area contributed by atoms with Crippen LogP contribution in [0.3, 0.4) is 0 Å². The number of carbonyl (C=O) groups is 1. The summed E-state index contributed by atoms with van der Waals surface area (Å²) in [5, 5.41) is 11.2. The van der Waals surface area contributed by atoms with Gasteiger partial charge >= 0.3 is 0 Å². The zero-order valence-electron chi connectivity index (χ0n) is 11.1. The monoisotopic (exact) mass is 274 g/mol. The highest BCUT2D eigenvalue weighted by atomic mass is 16.5. The topological polar surface area (TPSA) is 88.1 Å². The molecule has 0 aliphatic heterocycles. The third-order valence-electron chi connectivity index (χ3n) is 2.87. The third-order valence-corrected chi connectivity index (χ3v) is 2.87. The summed E-state index contributed by atoms with van der Waals surface area (Å²) in [7, 11) is 2.94. The number of pyridine rings is 1. The van der Waals surface area contributed by atoms with Crippen LogP contribution in [0.5, 0.6) is 11.5 Å². The van der Waals surface area contributed by atoms with Gasteiger partial charge in [0.15, 0.2) is 17.3 Å². The first-order valence-electron chi connectivity index (χ1n) is 5.87. The minimum Gasteiger partial charge on any atom is -0.630 e. The van der Waals surface area contributed by atoms with Crippen molar-refractivity contribution in [2.45, 2.75) is 0 Å². The van der Waals surface area contributed by atoms with E-state index in [1.165, 1.54) is 38.7 Å². The number of hydrogen-bond acceptors (Lipinski definition) is 5. The van der Waals surface area contributed by atoms with Crippen LogP contribution in [0, 0.1) is 5.21 Å². The van der Waals surface area contributed by atoms with Crippen molar-refractivity contribution in [3.63, 3.8) is 0 Å². The van der Waals surface area contributed by atoms with Crippen molar-refractivity contribution in [1.29, 1.82) is 0 Å². The summed E-state index contributed by atoms with van der Waals surface area (Å²) in [6.07, 6.45) is 3.04. The summed E-state index contributed by atoms with van der Waals surface area (Å²) in [6, 6.07) is 6.17. The van der Waals surface area contributed by atoms with E-state index in [0.717, 1.165) is 0 Å². The molecule has 0 saturated heterocycles. The molecule has 0 aliphatic carbocycles. The molecule has 0 bridgehead atoms. The Morgan fingerprint density at radius 3 is 2.30 bits per heavy atom. The number of nitrogens with two attached hydrogens (primary N) is 1. The number of quaternary nitrogens is 1. The zero-order chi connectivity index (χ0) is 14.5. The van der Waals surface area contributed by atoms with Crippen LogP contribution in [0.2, 0.25) is 0 Å². The smallest absolute Gasteiger partial charge is 0.199 e. The molecule has 1 heterocycles. The fourth-order valence-electron chi connectivity index (χ4n) is 1.85. The second kappa shape index (κ2) is 6.14. The summed E-state index contributed by atoms with van der Waals surface area (Å²) in [5.74, 6) is 0.534. The van der Waals surface area contributed by atoms with Gasteiger partial charge in [-0.25, -0.2) is 0 Å². The van der Waals surface area contributed by atoms with Crippen LogP contribution < -0.4 is 15.0 Å². The van der Waals surface area contributed by atoms with E-state index in [9.17, 15) is 10.0 Å². The van der Waals surface area contributed by atoms with Crippen molar-refractivity contribution >= 4 is 11.5 Å². The van der Waals surface area contributed by atoms with Gasteiger partial charge in [0.1, 0.15) is 5.69 Å². The normalized spacial score (nSPS) is 10.2. The van der Waals surface area contributed by atoms with E-state index in [2.05, 4.69) is 4.98 Å². The van der Waals surface area contributed by atoms with E-state index in [4.69, 9.17) is 9.47 Å². The van der Waals surface area contributed by atoms with Crippen LogP contribution in [0.15, 0.2) is 36.7 Å². The molecule has 0 atom stereocenters. The molecule has 104 valence electrons. The molecule has 0 unspecified atom stereocenters. The molecular formula is C14H14N2O4. The fraction of sp³-hybridized carbons (Fsp3) is 0.143. The Kier molecular flexibility index (Phi) is 4.29. The first-order valence-corrected chi connectivity index (χ1v) is 5.87. The molecule has 2 aromatic rings. The second-order valence-electron chi connectivity index (χ2n) is 3.98. The minimum atomic E-state index is -0.268. The predicted molar refractivity (Wildman–Crippen MR) is 72.2 cm³/mol. The SMILES string of the molecule is COc1cc([NH2+][O-])c(C(=O)c2ccncc2)cc1OC. The van der Waals surface area contributed by atoms with Gasteiger partial charge in [0.05, 0.1) is 19.8 Å². The molecule has 0 spiro atoms. The number of nitrogens with zero attached hydrogens (tertiary/aromatic N) is 1. The molecule has 2 rings (SSSR count). The maximum Gasteiger partial charge on any atom is 0.199 e. The lowest BCUT2D eigenvalue weighted by Crippen LogP contribution is -2.70. The van der Waals surface area contributed by atoms with Crippen molar-refractivity contribution in [3.8, 4) is 11.5 Å². The Balaban J connectivity index is 2.53. The standard InChI is InChI=1S/C14H14N2O4/c1-19-12-7-10(11(16-18)8-13(12)20-2)14(17)9-3-5-15-6-4-9/h3-8H,16H2,1-2H3. The van der Waals surface area contributed by atoms with Crippen LogP contribution in [0.4, 0.5) is 5.69 Å². The van der Waals surface area contributed by atoms with E-state index in [1.54, 1.807) is 12.1 Å². The van der Waals surface area contributed by atoms with Crippen molar-refractivity contribution < 1.29 is 19.7 Å². The maximum absolute atomic E-state index is 12.4. The van der Waals surface area contributed by atoms with Gasteiger partial charge in [-0.15, -0.1) is 0 Å². The summed E-state index contributed by atoms with van der Waals surface area (Å²) >= 11 is 0. The van der Waals surface area contributed by atoms with Crippen LogP contribution in [-0.2, 0) is 0 Å². The number of rotatable bonds is 5. The van der Waals surface area contributed by atoms with Crippen LogP contribution in [0.1, 0.15) is 15.9 Å². The van der Waals surface area contributed by atoms with E-state index in [1.807, 2.05) is 0 Å². The fourth-order valence-corrected chi connectivity index (χ4v) is 1.85. The molecular weight excluding hydrogens is 260 g/mol. The Morgan fingerprint density at radius 2 is 1.75 bits per heavy atom. The zero-order valence-corrected chi connectivity index (χ0v) is 11.1. The highest BCUT2D eigenvalue weighted by Gasteiger charge is 2.19. The van der Waals surface area contributed by atoms with Crippen LogP contribution in [-0.4, -0.2) is 25.0 Å². The average Bonchev–Trinajstić information content (AvgIpc) is 2.53. The first-order chi connectivity index (χ1) is 9.71. The average molecular weight is 274 g/mol. The molecule has 1 aromatic heterocycles. The number of hydrogen-bond donors (Lipinski definition) is 1. The lowest BCUT2D eigenvalue weighted by atomic mass is 10.0. The number of methoxy groups -OCH3 is 2. The highest BCUT2D eigenvalue weighted by molar-refractivity contribution is 6.11. The lowest BCUT2D eigenvalue weighted by molar-refractivity contribution is -0.497. The van der Waals surface area contributed by atoms with Crippen LogP contribution >= 0.6 is 0 Å². The summed E-state index contributed by atoms with van der Waals surface area (Å²) < 4.78 is 10.3. The summed E-state index contributed by atoms with van der Waals surface area (Å²) in [5.41, 5.74) is 1.60. The van der Waals surface area contributed by atoms with Gasteiger partial charge in [-0.2, -0.15) is 0 Å². The Morgan fingerprint density at radius 1 is 1.15 bits per heavy atom. The van der Waals surface area contributed by atoms with Crippen molar-refractivity contribution in [1.82, 2.24) is 4.98 Å². The molecule has 0 radical (unpaired) electrons.